The number of carbonyl (C=O) groups is 2. The van der Waals surface area contributed by atoms with Crippen LogP contribution >= 0.6 is 0 Å². The van der Waals surface area contributed by atoms with Gasteiger partial charge in [0.05, 0.1) is 6.61 Å². The number of amides is 2. The predicted molar refractivity (Wildman–Crippen MR) is 124 cm³/mol. The second-order valence-electron chi connectivity index (χ2n) is 8.70. The maximum absolute atomic E-state index is 12.8. The molecule has 36 heavy (non-hydrogen) atoms. The summed E-state index contributed by atoms with van der Waals surface area (Å²) in [6.45, 7) is 0.196. The van der Waals surface area contributed by atoms with Crippen LogP contribution in [0.3, 0.4) is 0 Å². The second kappa shape index (κ2) is 11.7. The molecule has 0 bridgehead atoms. The van der Waals surface area contributed by atoms with Gasteiger partial charge in [-0.25, -0.2) is 4.79 Å². The van der Waals surface area contributed by atoms with Gasteiger partial charge in [0.2, 0.25) is 12.2 Å². The van der Waals surface area contributed by atoms with Crippen molar-refractivity contribution in [1.82, 2.24) is 9.80 Å². The quantitative estimate of drug-likeness (QED) is 0.405. The lowest BCUT2D eigenvalue weighted by Crippen LogP contribution is -2.60. The lowest BCUT2D eigenvalue weighted by Gasteiger charge is -2.40. The van der Waals surface area contributed by atoms with E-state index >= 15 is 0 Å². The van der Waals surface area contributed by atoms with Gasteiger partial charge in [0.25, 0.3) is 0 Å². The minimum Gasteiger partial charge on any atom is -0.462 e. The second-order valence-corrected chi connectivity index (χ2v) is 8.70. The molecule has 4 rings (SSSR count). The first-order chi connectivity index (χ1) is 17.4. The molecular weight excluding hydrogens is 472 g/mol. The summed E-state index contributed by atoms with van der Waals surface area (Å²) in [4.78, 5) is 28.1. The molecule has 0 saturated carbocycles. The molecule has 4 N–H and O–H groups in total. The largest absolute Gasteiger partial charge is 0.462 e. The molecule has 2 aliphatic rings. The molecule has 11 heteroatoms. The highest BCUT2D eigenvalue weighted by Gasteiger charge is 2.45. The fourth-order valence-electron chi connectivity index (χ4n) is 4.09. The van der Waals surface area contributed by atoms with E-state index in [4.69, 9.17) is 14.2 Å². The van der Waals surface area contributed by atoms with Crippen LogP contribution in [0.15, 0.2) is 54.6 Å². The van der Waals surface area contributed by atoms with Crippen molar-refractivity contribution < 1.29 is 44.2 Å². The zero-order chi connectivity index (χ0) is 25.7. The van der Waals surface area contributed by atoms with Crippen molar-refractivity contribution in [2.24, 2.45) is 0 Å². The lowest BCUT2D eigenvalue weighted by molar-refractivity contribution is -0.277. The summed E-state index contributed by atoms with van der Waals surface area (Å²) in [5.41, 5.74) is 1.47. The Hall–Kier alpha value is -3.22. The van der Waals surface area contributed by atoms with E-state index in [1.54, 1.807) is 29.2 Å². The number of carbonyl (C=O) groups excluding carboxylic acids is 2. The Morgan fingerprint density at radius 1 is 0.972 bits per heavy atom. The first-order valence-corrected chi connectivity index (χ1v) is 11.7. The summed E-state index contributed by atoms with van der Waals surface area (Å²) in [6.07, 6.45) is -7.61. The van der Waals surface area contributed by atoms with Crippen LogP contribution in [0, 0.1) is 0 Å². The fourth-order valence-corrected chi connectivity index (χ4v) is 4.09. The van der Waals surface area contributed by atoms with Crippen LogP contribution in [-0.4, -0.2) is 99.2 Å². The van der Waals surface area contributed by atoms with E-state index < -0.39 is 43.4 Å². The van der Waals surface area contributed by atoms with E-state index in [2.05, 4.69) is 0 Å². The molecule has 2 fully saturated rings. The Bertz CT molecular complexity index is 1040. The van der Waals surface area contributed by atoms with E-state index in [0.717, 1.165) is 5.56 Å². The highest BCUT2D eigenvalue weighted by molar-refractivity contribution is 5.83. The summed E-state index contributed by atoms with van der Waals surface area (Å²) in [7, 11) is 0. The molecule has 0 aliphatic carbocycles. The minimum atomic E-state index is -1.57. The molecule has 0 aromatic heterocycles. The number of hydrogen-bond donors (Lipinski definition) is 4. The fraction of sp³-hybridized carbons (Fsp3) is 0.440. The molecule has 2 heterocycles. The van der Waals surface area contributed by atoms with E-state index in [1.165, 1.54) is 4.90 Å². The number of hydrogen-bond acceptors (Lipinski definition) is 9. The number of piperazine rings is 1. The summed E-state index contributed by atoms with van der Waals surface area (Å²) < 4.78 is 16.5. The Morgan fingerprint density at radius 2 is 1.69 bits per heavy atom. The predicted octanol–water partition coefficient (Wildman–Crippen LogP) is -0.154. The van der Waals surface area contributed by atoms with Gasteiger partial charge in [-0.15, -0.1) is 0 Å². The average molecular weight is 503 g/mol. The molecule has 5 atom stereocenters. The Balaban J connectivity index is 1.35. The summed E-state index contributed by atoms with van der Waals surface area (Å²) in [5, 5.41) is 39.6. The van der Waals surface area contributed by atoms with Crippen molar-refractivity contribution in [3.63, 3.8) is 0 Å². The summed E-state index contributed by atoms with van der Waals surface area (Å²) in [6, 6.07) is 16.1. The van der Waals surface area contributed by atoms with Crippen LogP contribution in [0.5, 0.6) is 5.75 Å². The normalized spacial score (nSPS) is 26.6. The maximum atomic E-state index is 12.8. The van der Waals surface area contributed by atoms with Crippen molar-refractivity contribution in [2.45, 2.75) is 43.9 Å². The van der Waals surface area contributed by atoms with Crippen LogP contribution in [0.1, 0.15) is 11.1 Å². The SMILES string of the molecule is O=C1CN(C(=O)OCc2ccccc2)CCN1Cc1ccccc1O[C@@H]1O[C@H](CO)[C@@H](O)[C@H](O)[C@H]1O. The third kappa shape index (κ3) is 5.94. The molecule has 2 aromatic carbocycles. The van der Waals surface area contributed by atoms with E-state index in [0.29, 0.717) is 17.9 Å². The van der Waals surface area contributed by atoms with Gasteiger partial charge in [0.1, 0.15) is 43.3 Å². The van der Waals surface area contributed by atoms with Gasteiger partial charge in [0, 0.05) is 25.2 Å². The molecular formula is C25H30N2O9. The number of para-hydroxylation sites is 1. The van der Waals surface area contributed by atoms with Crippen molar-refractivity contribution in [1.29, 1.82) is 0 Å². The highest BCUT2D eigenvalue weighted by atomic mass is 16.7. The molecule has 0 spiro atoms. The van der Waals surface area contributed by atoms with Gasteiger partial charge >= 0.3 is 6.09 Å². The molecule has 11 nitrogen and oxygen atoms in total. The van der Waals surface area contributed by atoms with Crippen LogP contribution in [-0.2, 0) is 27.4 Å². The molecule has 2 saturated heterocycles. The third-order valence-electron chi connectivity index (χ3n) is 6.21. The molecule has 0 unspecified atom stereocenters. The van der Waals surface area contributed by atoms with Gasteiger partial charge < -0.3 is 39.5 Å². The third-order valence-corrected chi connectivity index (χ3v) is 6.21. The number of rotatable bonds is 7. The molecule has 0 radical (unpaired) electrons. The highest BCUT2D eigenvalue weighted by Crippen LogP contribution is 2.27. The average Bonchev–Trinajstić information content (AvgIpc) is 2.90. The topological polar surface area (TPSA) is 149 Å². The smallest absolute Gasteiger partial charge is 0.410 e. The zero-order valence-electron chi connectivity index (χ0n) is 19.6. The minimum absolute atomic E-state index is 0.122. The standard InChI is InChI=1S/C25H30N2O9/c28-14-19-21(30)22(31)23(32)24(36-19)35-18-9-5-4-8-17(18)12-26-10-11-27(13-20(26)29)25(33)34-15-16-6-2-1-3-7-16/h1-9,19,21-24,28,30-32H,10-15H2/t19-,21-,22+,23-,24-/m1/s1. The van der Waals surface area contributed by atoms with E-state index in [-0.39, 0.29) is 32.1 Å². The number of aliphatic hydroxyl groups is 4. The number of nitrogens with zero attached hydrogens (tertiary/aromatic N) is 2. The first-order valence-electron chi connectivity index (χ1n) is 11.7. The lowest BCUT2D eigenvalue weighted by atomic mass is 9.99. The van der Waals surface area contributed by atoms with Gasteiger partial charge in [0.15, 0.2) is 0 Å². The van der Waals surface area contributed by atoms with E-state index in [1.807, 2.05) is 30.3 Å². The number of ether oxygens (including phenoxy) is 3. The summed E-state index contributed by atoms with van der Waals surface area (Å²) in [5.74, 6) is 0.0416. The van der Waals surface area contributed by atoms with Crippen molar-refractivity contribution in [3.8, 4) is 5.75 Å². The van der Waals surface area contributed by atoms with Crippen LogP contribution < -0.4 is 4.74 Å². The zero-order valence-corrected chi connectivity index (χ0v) is 19.6. The first kappa shape index (κ1) is 25.9. The Kier molecular flexibility index (Phi) is 8.39. The number of benzene rings is 2. The van der Waals surface area contributed by atoms with Gasteiger partial charge in [-0.05, 0) is 11.6 Å². The van der Waals surface area contributed by atoms with Gasteiger partial charge in [-0.1, -0.05) is 48.5 Å². The van der Waals surface area contributed by atoms with Gasteiger partial charge in [-0.2, -0.15) is 0 Å². The molecule has 2 aromatic rings. The van der Waals surface area contributed by atoms with Gasteiger partial charge in [-0.3, -0.25) is 9.69 Å². The Morgan fingerprint density at radius 3 is 2.42 bits per heavy atom. The molecule has 2 aliphatic heterocycles. The van der Waals surface area contributed by atoms with Crippen LogP contribution in [0.2, 0.25) is 0 Å². The van der Waals surface area contributed by atoms with E-state index in [9.17, 15) is 30.0 Å². The molecule has 194 valence electrons. The van der Waals surface area contributed by atoms with Crippen LogP contribution in [0.4, 0.5) is 4.79 Å². The maximum Gasteiger partial charge on any atom is 0.410 e. The molecule has 2 amide bonds. The van der Waals surface area contributed by atoms with Crippen molar-refractivity contribution in [3.05, 3.63) is 65.7 Å². The van der Waals surface area contributed by atoms with Crippen LogP contribution in [0.25, 0.3) is 0 Å². The monoisotopic (exact) mass is 502 g/mol. The number of aliphatic hydroxyl groups excluding tert-OH is 4. The summed E-state index contributed by atoms with van der Waals surface area (Å²) >= 11 is 0. The Labute approximate surface area is 208 Å². The van der Waals surface area contributed by atoms with Crippen molar-refractivity contribution >= 4 is 12.0 Å². The van der Waals surface area contributed by atoms with Crippen molar-refractivity contribution in [2.75, 3.05) is 26.2 Å².